The summed E-state index contributed by atoms with van der Waals surface area (Å²) >= 11 is 0. The van der Waals surface area contributed by atoms with E-state index in [0.717, 1.165) is 19.5 Å². The van der Waals surface area contributed by atoms with Crippen LogP contribution in [0, 0.1) is 0 Å². The van der Waals surface area contributed by atoms with Crippen molar-refractivity contribution in [2.24, 2.45) is 0 Å². The Morgan fingerprint density at radius 1 is 1.08 bits per heavy atom. The van der Waals surface area contributed by atoms with E-state index < -0.39 is 0 Å². The van der Waals surface area contributed by atoms with E-state index in [1.54, 1.807) is 0 Å². The first kappa shape index (κ1) is 17.1. The Morgan fingerprint density at radius 3 is 2.62 bits per heavy atom. The summed E-state index contributed by atoms with van der Waals surface area (Å²) in [6.07, 6.45) is 7.59. The van der Waals surface area contributed by atoms with Crippen molar-refractivity contribution in [1.29, 1.82) is 0 Å². The molecular weight excluding hydrogens is 294 g/mol. The molecule has 1 aliphatic rings. The van der Waals surface area contributed by atoms with Gasteiger partial charge in [0.1, 0.15) is 0 Å². The molecule has 24 heavy (non-hydrogen) atoms. The SMILES string of the molecule is CCN(Cc1ccncc1)C1CCCN(CCc2ccccc2)C1. The first-order valence-electron chi connectivity index (χ1n) is 9.24. The predicted octanol–water partition coefficient (Wildman–Crippen LogP) is 3.61. The molecule has 1 unspecified atom stereocenters. The van der Waals surface area contributed by atoms with Crippen molar-refractivity contribution in [3.8, 4) is 0 Å². The molecule has 2 heterocycles. The number of likely N-dealkylation sites (N-methyl/N-ethyl adjacent to an activating group) is 1. The summed E-state index contributed by atoms with van der Waals surface area (Å²) < 4.78 is 0. The largest absolute Gasteiger partial charge is 0.301 e. The second kappa shape index (κ2) is 8.95. The summed E-state index contributed by atoms with van der Waals surface area (Å²) in [7, 11) is 0. The lowest BCUT2D eigenvalue weighted by atomic mass is 10.0. The molecular formula is C21H29N3. The van der Waals surface area contributed by atoms with Crippen molar-refractivity contribution >= 4 is 0 Å². The minimum absolute atomic E-state index is 0.674. The molecule has 1 atom stereocenters. The number of likely N-dealkylation sites (tertiary alicyclic amines) is 1. The van der Waals surface area contributed by atoms with Crippen LogP contribution in [0.3, 0.4) is 0 Å². The van der Waals surface area contributed by atoms with E-state index in [1.165, 1.54) is 43.6 Å². The Morgan fingerprint density at radius 2 is 1.88 bits per heavy atom. The lowest BCUT2D eigenvalue weighted by Gasteiger charge is -2.39. The molecule has 3 nitrogen and oxygen atoms in total. The smallest absolute Gasteiger partial charge is 0.0271 e. The zero-order valence-corrected chi connectivity index (χ0v) is 14.8. The van der Waals surface area contributed by atoms with Gasteiger partial charge in [0.05, 0.1) is 0 Å². The van der Waals surface area contributed by atoms with Crippen LogP contribution >= 0.6 is 0 Å². The summed E-state index contributed by atoms with van der Waals surface area (Å²) in [6, 6.07) is 15.8. The third-order valence-electron chi connectivity index (χ3n) is 5.10. The van der Waals surface area contributed by atoms with Gasteiger partial charge in [-0.2, -0.15) is 0 Å². The molecule has 1 aromatic carbocycles. The average Bonchev–Trinajstić information content (AvgIpc) is 2.66. The van der Waals surface area contributed by atoms with Crippen molar-refractivity contribution in [3.05, 3.63) is 66.0 Å². The lowest BCUT2D eigenvalue weighted by Crippen LogP contribution is -2.48. The van der Waals surface area contributed by atoms with Crippen LogP contribution in [0.25, 0.3) is 0 Å². The average molecular weight is 323 g/mol. The summed E-state index contributed by atoms with van der Waals surface area (Å²) in [5.74, 6) is 0. The van der Waals surface area contributed by atoms with Gasteiger partial charge in [-0.05, 0) is 55.6 Å². The summed E-state index contributed by atoms with van der Waals surface area (Å²) in [5, 5.41) is 0. The van der Waals surface area contributed by atoms with E-state index in [1.807, 2.05) is 12.4 Å². The van der Waals surface area contributed by atoms with Gasteiger partial charge >= 0.3 is 0 Å². The van der Waals surface area contributed by atoms with E-state index in [4.69, 9.17) is 0 Å². The monoisotopic (exact) mass is 323 g/mol. The van der Waals surface area contributed by atoms with Gasteiger partial charge in [0.2, 0.25) is 0 Å². The first-order valence-corrected chi connectivity index (χ1v) is 9.24. The van der Waals surface area contributed by atoms with Crippen molar-refractivity contribution < 1.29 is 0 Å². The fraction of sp³-hybridized carbons (Fsp3) is 0.476. The van der Waals surface area contributed by atoms with Crippen molar-refractivity contribution in [1.82, 2.24) is 14.8 Å². The third kappa shape index (κ3) is 4.89. The molecule has 2 aromatic rings. The molecule has 1 fully saturated rings. The molecule has 0 spiro atoms. The minimum atomic E-state index is 0.674. The van der Waals surface area contributed by atoms with Crippen LogP contribution in [0.15, 0.2) is 54.9 Å². The van der Waals surface area contributed by atoms with Crippen molar-refractivity contribution in [2.75, 3.05) is 26.2 Å². The molecule has 0 amide bonds. The van der Waals surface area contributed by atoms with E-state index >= 15 is 0 Å². The number of piperidine rings is 1. The Bertz CT molecular complexity index is 585. The second-order valence-corrected chi connectivity index (χ2v) is 6.75. The number of nitrogens with zero attached hydrogens (tertiary/aromatic N) is 3. The first-order chi connectivity index (χ1) is 11.8. The molecule has 1 saturated heterocycles. The zero-order valence-electron chi connectivity index (χ0n) is 14.8. The van der Waals surface area contributed by atoms with E-state index in [2.05, 4.69) is 64.2 Å². The van der Waals surface area contributed by atoms with Crippen LogP contribution < -0.4 is 0 Å². The molecule has 3 heteroatoms. The Kier molecular flexibility index (Phi) is 6.39. The van der Waals surface area contributed by atoms with Gasteiger partial charge in [-0.15, -0.1) is 0 Å². The maximum Gasteiger partial charge on any atom is 0.0271 e. The molecule has 1 aliphatic heterocycles. The van der Waals surface area contributed by atoms with E-state index in [9.17, 15) is 0 Å². The molecule has 0 aliphatic carbocycles. The van der Waals surface area contributed by atoms with Crippen LogP contribution in [-0.2, 0) is 13.0 Å². The number of rotatable bonds is 7. The number of aromatic nitrogens is 1. The fourth-order valence-electron chi connectivity index (χ4n) is 3.69. The van der Waals surface area contributed by atoms with E-state index in [0.29, 0.717) is 6.04 Å². The third-order valence-corrected chi connectivity index (χ3v) is 5.10. The van der Waals surface area contributed by atoms with Gasteiger partial charge in [-0.25, -0.2) is 0 Å². The van der Waals surface area contributed by atoms with Crippen LogP contribution in [-0.4, -0.2) is 47.0 Å². The van der Waals surface area contributed by atoms with Gasteiger partial charge in [-0.3, -0.25) is 9.88 Å². The van der Waals surface area contributed by atoms with Gasteiger partial charge in [0, 0.05) is 38.1 Å². The Hall–Kier alpha value is -1.71. The Labute approximate surface area is 146 Å². The molecule has 0 radical (unpaired) electrons. The molecule has 0 bridgehead atoms. The number of benzene rings is 1. The number of hydrogen-bond donors (Lipinski definition) is 0. The van der Waals surface area contributed by atoms with Gasteiger partial charge < -0.3 is 4.90 Å². The number of hydrogen-bond acceptors (Lipinski definition) is 3. The van der Waals surface area contributed by atoms with Crippen molar-refractivity contribution in [2.45, 2.75) is 38.8 Å². The quantitative estimate of drug-likeness (QED) is 0.776. The summed E-state index contributed by atoms with van der Waals surface area (Å²) in [6.45, 7) is 8.05. The predicted molar refractivity (Wildman–Crippen MR) is 99.9 cm³/mol. The van der Waals surface area contributed by atoms with Gasteiger partial charge in [0.25, 0.3) is 0 Å². The van der Waals surface area contributed by atoms with Crippen LogP contribution in [0.4, 0.5) is 0 Å². The highest BCUT2D eigenvalue weighted by atomic mass is 15.2. The van der Waals surface area contributed by atoms with Crippen molar-refractivity contribution in [3.63, 3.8) is 0 Å². The standard InChI is InChI=1S/C21H29N3/c1-2-24(17-20-10-13-22-14-11-20)21-9-6-15-23(18-21)16-12-19-7-4-3-5-8-19/h3-5,7-8,10-11,13-14,21H,2,6,9,12,15-18H2,1H3. The highest BCUT2D eigenvalue weighted by Crippen LogP contribution is 2.18. The maximum atomic E-state index is 4.13. The zero-order chi connectivity index (χ0) is 16.6. The highest BCUT2D eigenvalue weighted by Gasteiger charge is 2.24. The minimum Gasteiger partial charge on any atom is -0.301 e. The second-order valence-electron chi connectivity index (χ2n) is 6.75. The normalized spacial score (nSPS) is 18.8. The van der Waals surface area contributed by atoms with Gasteiger partial charge in [-0.1, -0.05) is 37.3 Å². The molecule has 128 valence electrons. The number of pyridine rings is 1. The highest BCUT2D eigenvalue weighted by molar-refractivity contribution is 5.15. The molecule has 0 N–H and O–H groups in total. The van der Waals surface area contributed by atoms with Crippen LogP contribution in [0.2, 0.25) is 0 Å². The van der Waals surface area contributed by atoms with E-state index in [-0.39, 0.29) is 0 Å². The van der Waals surface area contributed by atoms with Crippen LogP contribution in [0.1, 0.15) is 30.9 Å². The van der Waals surface area contributed by atoms with Gasteiger partial charge in [0.15, 0.2) is 0 Å². The molecule has 0 saturated carbocycles. The molecule has 1 aromatic heterocycles. The summed E-state index contributed by atoms with van der Waals surface area (Å²) in [4.78, 5) is 9.41. The summed E-state index contributed by atoms with van der Waals surface area (Å²) in [5.41, 5.74) is 2.82. The maximum absolute atomic E-state index is 4.13. The topological polar surface area (TPSA) is 19.4 Å². The lowest BCUT2D eigenvalue weighted by molar-refractivity contribution is 0.0965. The van der Waals surface area contributed by atoms with Crippen LogP contribution in [0.5, 0.6) is 0 Å². The fourth-order valence-corrected chi connectivity index (χ4v) is 3.69. The Balaban J connectivity index is 1.53. The molecule has 3 rings (SSSR count).